The summed E-state index contributed by atoms with van der Waals surface area (Å²) in [6, 6.07) is 0.681. The van der Waals surface area contributed by atoms with Crippen molar-refractivity contribution in [2.45, 2.75) is 78.9 Å². The average molecular weight is 277 g/mol. The zero-order chi connectivity index (χ0) is 14.6. The predicted molar refractivity (Wildman–Crippen MR) is 84.6 cm³/mol. The number of hydrogen-bond acceptors (Lipinski definition) is 2. The molecule has 1 N–H and O–H groups in total. The smallest absolute Gasteiger partial charge is 0.122 e. The number of nitrogens with zero attached hydrogens (tertiary/aromatic N) is 2. The number of imidazole rings is 1. The molecule has 0 unspecified atom stereocenters. The molecule has 0 spiro atoms. The van der Waals surface area contributed by atoms with Crippen molar-refractivity contribution in [1.29, 1.82) is 0 Å². The molecule has 0 saturated heterocycles. The molecule has 0 aliphatic heterocycles. The summed E-state index contributed by atoms with van der Waals surface area (Å²) in [5, 5.41) is 3.71. The molecule has 1 aromatic rings. The van der Waals surface area contributed by atoms with Gasteiger partial charge in [-0.25, -0.2) is 4.98 Å². The zero-order valence-electron chi connectivity index (χ0n) is 13.7. The lowest BCUT2D eigenvalue weighted by molar-refractivity contribution is 0.136. The second-order valence-electron chi connectivity index (χ2n) is 6.90. The van der Waals surface area contributed by atoms with Gasteiger partial charge in [-0.15, -0.1) is 0 Å². The molecular weight excluding hydrogens is 246 g/mol. The lowest BCUT2D eigenvalue weighted by atomic mass is 9.69. The van der Waals surface area contributed by atoms with Crippen molar-refractivity contribution < 1.29 is 0 Å². The molecular formula is C17H31N3. The van der Waals surface area contributed by atoms with Crippen molar-refractivity contribution >= 4 is 0 Å². The molecule has 1 saturated carbocycles. The van der Waals surface area contributed by atoms with Crippen LogP contribution in [-0.2, 0) is 13.1 Å². The first-order chi connectivity index (χ1) is 9.56. The summed E-state index contributed by atoms with van der Waals surface area (Å²) < 4.78 is 2.22. The second-order valence-corrected chi connectivity index (χ2v) is 6.90. The highest BCUT2D eigenvalue weighted by Gasteiger charge is 2.31. The van der Waals surface area contributed by atoms with Crippen LogP contribution < -0.4 is 5.32 Å². The van der Waals surface area contributed by atoms with E-state index in [1.807, 2.05) is 6.20 Å². The Morgan fingerprint density at radius 1 is 1.25 bits per heavy atom. The highest BCUT2D eigenvalue weighted by molar-refractivity contribution is 4.93. The van der Waals surface area contributed by atoms with Gasteiger partial charge in [0.1, 0.15) is 5.82 Å². The predicted octanol–water partition coefficient (Wildman–Crippen LogP) is 3.99. The molecule has 1 aliphatic rings. The topological polar surface area (TPSA) is 29.9 Å². The molecule has 0 radical (unpaired) electrons. The number of hydrogen-bond donors (Lipinski definition) is 1. The van der Waals surface area contributed by atoms with Gasteiger partial charge in [0.2, 0.25) is 0 Å². The van der Waals surface area contributed by atoms with E-state index in [0.717, 1.165) is 19.0 Å². The Hall–Kier alpha value is -0.830. The molecule has 3 heteroatoms. The summed E-state index contributed by atoms with van der Waals surface area (Å²) in [6.07, 6.45) is 10.7. The van der Waals surface area contributed by atoms with Crippen LogP contribution >= 0.6 is 0 Å². The van der Waals surface area contributed by atoms with E-state index in [0.29, 0.717) is 11.5 Å². The van der Waals surface area contributed by atoms with Crippen molar-refractivity contribution in [3.05, 3.63) is 18.2 Å². The lowest BCUT2D eigenvalue weighted by Gasteiger charge is -2.39. The van der Waals surface area contributed by atoms with E-state index < -0.39 is 0 Å². The summed E-state index contributed by atoms with van der Waals surface area (Å²) in [6.45, 7) is 11.3. The minimum Gasteiger partial charge on any atom is -0.334 e. The molecule has 1 heterocycles. The summed E-state index contributed by atoms with van der Waals surface area (Å²) in [5.41, 5.74) is 0.517. The van der Waals surface area contributed by atoms with E-state index in [1.165, 1.54) is 37.9 Å². The molecule has 0 aromatic carbocycles. The number of aryl methyl sites for hydroxylation is 1. The monoisotopic (exact) mass is 277 g/mol. The maximum Gasteiger partial charge on any atom is 0.122 e. The first-order valence-corrected chi connectivity index (χ1v) is 8.30. The van der Waals surface area contributed by atoms with Crippen molar-refractivity contribution in [2.75, 3.05) is 0 Å². The molecule has 20 heavy (non-hydrogen) atoms. The van der Waals surface area contributed by atoms with Crippen LogP contribution in [0.25, 0.3) is 0 Å². The van der Waals surface area contributed by atoms with Crippen LogP contribution in [0.5, 0.6) is 0 Å². The summed E-state index contributed by atoms with van der Waals surface area (Å²) in [7, 11) is 0. The minimum atomic E-state index is 0.517. The third kappa shape index (κ3) is 3.63. The minimum absolute atomic E-state index is 0.517. The van der Waals surface area contributed by atoms with Crippen LogP contribution in [0, 0.1) is 11.3 Å². The van der Waals surface area contributed by atoms with Crippen LogP contribution in [0.1, 0.15) is 65.6 Å². The molecule has 0 bridgehead atoms. The van der Waals surface area contributed by atoms with Gasteiger partial charge < -0.3 is 9.88 Å². The van der Waals surface area contributed by atoms with E-state index in [2.05, 4.69) is 48.8 Å². The fourth-order valence-corrected chi connectivity index (χ4v) is 3.40. The van der Waals surface area contributed by atoms with Crippen molar-refractivity contribution in [1.82, 2.24) is 14.9 Å². The number of nitrogens with one attached hydrogen (secondary N) is 1. The van der Waals surface area contributed by atoms with E-state index in [4.69, 9.17) is 0 Å². The van der Waals surface area contributed by atoms with Crippen LogP contribution in [0.3, 0.4) is 0 Å². The molecule has 114 valence electrons. The van der Waals surface area contributed by atoms with Crippen LogP contribution in [-0.4, -0.2) is 15.6 Å². The van der Waals surface area contributed by atoms with E-state index in [9.17, 15) is 0 Å². The van der Waals surface area contributed by atoms with E-state index in [1.54, 1.807) is 0 Å². The Morgan fingerprint density at radius 2 is 1.95 bits per heavy atom. The Labute approximate surface area is 124 Å². The van der Waals surface area contributed by atoms with Gasteiger partial charge in [-0.1, -0.05) is 27.2 Å². The van der Waals surface area contributed by atoms with Gasteiger partial charge in [0.25, 0.3) is 0 Å². The van der Waals surface area contributed by atoms with Crippen molar-refractivity contribution in [3.63, 3.8) is 0 Å². The maximum absolute atomic E-state index is 4.44. The van der Waals surface area contributed by atoms with Crippen LogP contribution in [0.15, 0.2) is 12.4 Å². The fourth-order valence-electron chi connectivity index (χ4n) is 3.40. The number of aromatic nitrogens is 2. The van der Waals surface area contributed by atoms with Gasteiger partial charge in [-0.2, -0.15) is 0 Å². The van der Waals surface area contributed by atoms with Crippen molar-refractivity contribution in [3.8, 4) is 0 Å². The zero-order valence-corrected chi connectivity index (χ0v) is 13.7. The quantitative estimate of drug-likeness (QED) is 0.852. The second kappa shape index (κ2) is 6.75. The van der Waals surface area contributed by atoms with Gasteiger partial charge in [0, 0.05) is 25.0 Å². The molecule has 1 fully saturated rings. The maximum atomic E-state index is 4.44. The third-order valence-corrected chi connectivity index (χ3v) is 5.43. The first-order valence-electron chi connectivity index (χ1n) is 8.30. The van der Waals surface area contributed by atoms with E-state index in [-0.39, 0.29) is 0 Å². The van der Waals surface area contributed by atoms with Gasteiger partial charge in [0.15, 0.2) is 0 Å². The van der Waals surface area contributed by atoms with Crippen molar-refractivity contribution in [2.24, 2.45) is 11.3 Å². The molecule has 0 atom stereocenters. The molecule has 1 aromatic heterocycles. The van der Waals surface area contributed by atoms with E-state index >= 15 is 0 Å². The summed E-state index contributed by atoms with van der Waals surface area (Å²) in [5.74, 6) is 2.08. The highest BCUT2D eigenvalue weighted by Crippen LogP contribution is 2.40. The van der Waals surface area contributed by atoms with Gasteiger partial charge in [-0.3, -0.25) is 0 Å². The molecule has 2 rings (SSSR count). The summed E-state index contributed by atoms with van der Waals surface area (Å²) in [4.78, 5) is 4.44. The number of rotatable bonds is 6. The molecule has 1 aliphatic carbocycles. The van der Waals surface area contributed by atoms with Crippen LogP contribution in [0.4, 0.5) is 0 Å². The first kappa shape index (κ1) is 15.6. The Kier molecular flexibility index (Phi) is 5.25. The van der Waals surface area contributed by atoms with Gasteiger partial charge >= 0.3 is 0 Å². The lowest BCUT2D eigenvalue weighted by Crippen LogP contribution is -2.37. The Balaban J connectivity index is 1.78. The van der Waals surface area contributed by atoms with Gasteiger partial charge in [0.05, 0.1) is 6.54 Å². The highest BCUT2D eigenvalue weighted by atomic mass is 15.1. The third-order valence-electron chi connectivity index (χ3n) is 5.43. The largest absolute Gasteiger partial charge is 0.334 e. The molecule has 0 amide bonds. The average Bonchev–Trinajstić information content (AvgIpc) is 2.93. The van der Waals surface area contributed by atoms with Gasteiger partial charge in [-0.05, 0) is 43.9 Å². The normalized spacial score (nSPS) is 24.0. The molecule has 3 nitrogen and oxygen atoms in total. The Morgan fingerprint density at radius 3 is 2.55 bits per heavy atom. The summed E-state index contributed by atoms with van der Waals surface area (Å²) >= 11 is 0. The fraction of sp³-hybridized carbons (Fsp3) is 0.824. The Bertz CT molecular complexity index is 400. The SMILES string of the molecule is CCn1ccnc1CNC1CCC(C(C)(C)CC)CC1. The van der Waals surface area contributed by atoms with Crippen LogP contribution in [0.2, 0.25) is 0 Å². The standard InChI is InChI=1S/C17H31N3/c1-5-17(3,4)14-7-9-15(10-8-14)19-13-16-18-11-12-20(16)6-2/h11-12,14-15,19H,5-10,13H2,1-4H3.